The van der Waals surface area contributed by atoms with E-state index in [1.54, 1.807) is 7.11 Å². The zero-order valence-corrected chi connectivity index (χ0v) is 12.5. The molecule has 0 aliphatic rings. The Hall–Kier alpha value is -0.650. The molecule has 18 heavy (non-hydrogen) atoms. The van der Waals surface area contributed by atoms with Crippen LogP contribution in [0.15, 0.2) is 0 Å². The maximum Gasteiger partial charge on any atom is 0.234 e. The summed E-state index contributed by atoms with van der Waals surface area (Å²) in [5.41, 5.74) is 0. The summed E-state index contributed by atoms with van der Waals surface area (Å²) in [4.78, 5) is 13.8. The molecule has 0 saturated carbocycles. The van der Waals surface area contributed by atoms with Crippen LogP contribution in [0.3, 0.4) is 0 Å². The molecular formula is C13H29N3O2. The SMILES string of the molecule is CCC(C)N(C)CCNCC(=O)NC(C)COC. The third-order valence-corrected chi connectivity index (χ3v) is 3.09. The van der Waals surface area contributed by atoms with Gasteiger partial charge in [-0.2, -0.15) is 0 Å². The molecule has 1 amide bonds. The molecule has 0 spiro atoms. The highest BCUT2D eigenvalue weighted by atomic mass is 16.5. The molecule has 0 aliphatic carbocycles. The summed E-state index contributed by atoms with van der Waals surface area (Å²) in [5.74, 6) is 0.0192. The van der Waals surface area contributed by atoms with Crippen molar-refractivity contribution >= 4 is 5.91 Å². The van der Waals surface area contributed by atoms with Gasteiger partial charge in [0.1, 0.15) is 0 Å². The Morgan fingerprint density at radius 3 is 2.61 bits per heavy atom. The summed E-state index contributed by atoms with van der Waals surface area (Å²) < 4.78 is 4.96. The Balaban J connectivity index is 3.57. The van der Waals surface area contributed by atoms with Crippen molar-refractivity contribution in [1.82, 2.24) is 15.5 Å². The minimum absolute atomic E-state index is 0.0192. The van der Waals surface area contributed by atoms with Gasteiger partial charge in [0.05, 0.1) is 13.2 Å². The average molecular weight is 259 g/mol. The monoisotopic (exact) mass is 259 g/mol. The van der Waals surface area contributed by atoms with Crippen LogP contribution in [0.1, 0.15) is 27.2 Å². The first kappa shape index (κ1) is 17.4. The lowest BCUT2D eigenvalue weighted by atomic mass is 10.2. The Labute approximate surface area is 111 Å². The van der Waals surface area contributed by atoms with Crippen molar-refractivity contribution in [1.29, 1.82) is 0 Å². The second-order valence-corrected chi connectivity index (χ2v) is 4.84. The van der Waals surface area contributed by atoms with E-state index in [1.807, 2.05) is 6.92 Å². The number of methoxy groups -OCH3 is 1. The molecule has 108 valence electrons. The van der Waals surface area contributed by atoms with Crippen LogP contribution >= 0.6 is 0 Å². The molecule has 0 aromatic heterocycles. The molecule has 2 atom stereocenters. The molecule has 0 fully saturated rings. The fraction of sp³-hybridized carbons (Fsp3) is 0.923. The van der Waals surface area contributed by atoms with E-state index >= 15 is 0 Å². The van der Waals surface area contributed by atoms with E-state index < -0.39 is 0 Å². The fourth-order valence-corrected chi connectivity index (χ4v) is 1.61. The van der Waals surface area contributed by atoms with Crippen LogP contribution in [0.25, 0.3) is 0 Å². The molecule has 0 aromatic rings. The van der Waals surface area contributed by atoms with Crippen molar-refractivity contribution in [3.05, 3.63) is 0 Å². The van der Waals surface area contributed by atoms with Crippen molar-refractivity contribution in [3.8, 4) is 0 Å². The molecule has 2 N–H and O–H groups in total. The van der Waals surface area contributed by atoms with Crippen molar-refractivity contribution in [2.24, 2.45) is 0 Å². The largest absolute Gasteiger partial charge is 0.383 e. The molecule has 2 unspecified atom stereocenters. The maximum absolute atomic E-state index is 11.5. The average Bonchev–Trinajstić information content (AvgIpc) is 2.33. The highest BCUT2D eigenvalue weighted by Gasteiger charge is 2.08. The van der Waals surface area contributed by atoms with Crippen LogP contribution in [0, 0.1) is 0 Å². The number of likely N-dealkylation sites (N-methyl/N-ethyl adjacent to an activating group) is 1. The van der Waals surface area contributed by atoms with Crippen molar-refractivity contribution < 1.29 is 9.53 Å². The number of amides is 1. The smallest absolute Gasteiger partial charge is 0.234 e. The van der Waals surface area contributed by atoms with Crippen LogP contribution in [0.2, 0.25) is 0 Å². The third kappa shape index (κ3) is 8.44. The first-order valence-electron chi connectivity index (χ1n) is 6.70. The minimum Gasteiger partial charge on any atom is -0.383 e. The van der Waals surface area contributed by atoms with Crippen LogP contribution in [-0.2, 0) is 9.53 Å². The van der Waals surface area contributed by atoms with Gasteiger partial charge >= 0.3 is 0 Å². The molecule has 0 radical (unpaired) electrons. The van der Waals surface area contributed by atoms with Crippen molar-refractivity contribution in [2.75, 3.05) is 40.4 Å². The second kappa shape index (κ2) is 10.3. The van der Waals surface area contributed by atoms with Gasteiger partial charge in [0.15, 0.2) is 0 Å². The van der Waals surface area contributed by atoms with E-state index in [1.165, 1.54) is 0 Å². The van der Waals surface area contributed by atoms with Gasteiger partial charge in [0.25, 0.3) is 0 Å². The first-order valence-corrected chi connectivity index (χ1v) is 6.70. The van der Waals surface area contributed by atoms with Crippen LogP contribution in [0.5, 0.6) is 0 Å². The molecule has 0 heterocycles. The lowest BCUT2D eigenvalue weighted by Crippen LogP contribution is -2.43. The molecule has 0 aliphatic heterocycles. The maximum atomic E-state index is 11.5. The van der Waals surface area contributed by atoms with Crippen molar-refractivity contribution in [2.45, 2.75) is 39.3 Å². The Morgan fingerprint density at radius 1 is 1.39 bits per heavy atom. The van der Waals surface area contributed by atoms with Crippen LogP contribution in [-0.4, -0.2) is 63.3 Å². The molecule has 0 saturated heterocycles. The van der Waals surface area contributed by atoms with Gasteiger partial charge in [0, 0.05) is 32.3 Å². The van der Waals surface area contributed by atoms with E-state index in [-0.39, 0.29) is 11.9 Å². The second-order valence-electron chi connectivity index (χ2n) is 4.84. The quantitative estimate of drug-likeness (QED) is 0.560. The normalized spacial score (nSPS) is 14.6. The number of hydrogen-bond donors (Lipinski definition) is 2. The topological polar surface area (TPSA) is 53.6 Å². The van der Waals surface area contributed by atoms with Gasteiger partial charge < -0.3 is 20.3 Å². The van der Waals surface area contributed by atoms with Gasteiger partial charge in [-0.3, -0.25) is 4.79 Å². The van der Waals surface area contributed by atoms with Crippen LogP contribution < -0.4 is 10.6 Å². The zero-order chi connectivity index (χ0) is 14.0. The highest BCUT2D eigenvalue weighted by Crippen LogP contribution is 1.97. The summed E-state index contributed by atoms with van der Waals surface area (Å²) in [6.45, 7) is 9.00. The number of hydrogen-bond acceptors (Lipinski definition) is 4. The van der Waals surface area contributed by atoms with Gasteiger partial charge in [-0.25, -0.2) is 0 Å². The summed E-state index contributed by atoms with van der Waals surface area (Å²) in [6, 6.07) is 0.648. The van der Waals surface area contributed by atoms with Gasteiger partial charge in [-0.15, -0.1) is 0 Å². The number of nitrogens with zero attached hydrogens (tertiary/aromatic N) is 1. The predicted molar refractivity (Wildman–Crippen MR) is 74.7 cm³/mol. The van der Waals surface area contributed by atoms with E-state index in [0.29, 0.717) is 19.2 Å². The predicted octanol–water partition coefficient (Wildman–Crippen LogP) is 0.457. The number of carbonyl (C=O) groups excluding carboxylic acids is 1. The van der Waals surface area contributed by atoms with Crippen molar-refractivity contribution in [3.63, 3.8) is 0 Å². The summed E-state index contributed by atoms with van der Waals surface area (Å²) in [7, 11) is 3.74. The standard InChI is InChI=1S/C13H29N3O2/c1-6-12(3)16(4)8-7-14-9-13(17)15-11(2)10-18-5/h11-12,14H,6-10H2,1-5H3,(H,15,17). The van der Waals surface area contributed by atoms with E-state index in [4.69, 9.17) is 4.74 Å². The van der Waals surface area contributed by atoms with Gasteiger partial charge in [-0.1, -0.05) is 6.92 Å². The number of rotatable bonds is 10. The Bertz CT molecular complexity index is 224. The molecule has 0 bridgehead atoms. The molecular weight excluding hydrogens is 230 g/mol. The highest BCUT2D eigenvalue weighted by molar-refractivity contribution is 5.78. The third-order valence-electron chi connectivity index (χ3n) is 3.09. The lowest BCUT2D eigenvalue weighted by molar-refractivity contribution is -0.121. The van der Waals surface area contributed by atoms with Gasteiger partial charge in [0.2, 0.25) is 5.91 Å². The number of nitrogens with one attached hydrogen (secondary N) is 2. The Morgan fingerprint density at radius 2 is 2.06 bits per heavy atom. The summed E-state index contributed by atoms with van der Waals surface area (Å²) in [6.07, 6.45) is 1.14. The molecule has 0 aromatic carbocycles. The van der Waals surface area contributed by atoms with E-state index in [9.17, 15) is 4.79 Å². The zero-order valence-electron chi connectivity index (χ0n) is 12.5. The molecule has 0 rings (SSSR count). The first-order chi connectivity index (χ1) is 8.51. The number of ether oxygens (including phenoxy) is 1. The lowest BCUT2D eigenvalue weighted by Gasteiger charge is -2.23. The summed E-state index contributed by atoms with van der Waals surface area (Å²) >= 11 is 0. The molecule has 5 heteroatoms. The molecule has 5 nitrogen and oxygen atoms in total. The van der Waals surface area contributed by atoms with Crippen LogP contribution in [0.4, 0.5) is 0 Å². The van der Waals surface area contributed by atoms with E-state index in [0.717, 1.165) is 19.5 Å². The fourth-order valence-electron chi connectivity index (χ4n) is 1.61. The number of carbonyl (C=O) groups is 1. The van der Waals surface area contributed by atoms with Gasteiger partial charge in [-0.05, 0) is 27.3 Å². The summed E-state index contributed by atoms with van der Waals surface area (Å²) in [5, 5.41) is 6.01. The van der Waals surface area contributed by atoms with E-state index in [2.05, 4.69) is 36.4 Å². The Kier molecular flexibility index (Phi) is 9.92. The minimum atomic E-state index is 0.0192.